The number of hydrogen-bond acceptors (Lipinski definition) is 5. The number of urea groups is 1. The molecule has 2 heterocycles. The standard InChI is InChI=1S/C17H28N4O3/c1-13-19-15(24-20-13)14-6-10-21(11-7-14)16(22)18-12-17(23-2)8-4-3-5-9-17/h14H,3-12H2,1-2H3,(H,18,22). The number of carbonyl (C=O) groups excluding carboxylic acids is 1. The molecule has 1 N–H and O–H groups in total. The molecule has 2 fully saturated rings. The fraction of sp³-hybridized carbons (Fsp3) is 0.824. The second-order valence-corrected chi connectivity index (χ2v) is 7.05. The van der Waals surface area contributed by atoms with Crippen LogP contribution in [0.5, 0.6) is 0 Å². The number of rotatable bonds is 4. The second-order valence-electron chi connectivity index (χ2n) is 7.05. The van der Waals surface area contributed by atoms with Crippen molar-refractivity contribution in [1.82, 2.24) is 20.4 Å². The van der Waals surface area contributed by atoms with Crippen LogP contribution in [0.15, 0.2) is 4.52 Å². The van der Waals surface area contributed by atoms with E-state index in [4.69, 9.17) is 9.26 Å². The van der Waals surface area contributed by atoms with Crippen LogP contribution < -0.4 is 5.32 Å². The van der Waals surface area contributed by atoms with E-state index >= 15 is 0 Å². The van der Waals surface area contributed by atoms with Gasteiger partial charge in [0, 0.05) is 32.7 Å². The number of amides is 2. The Bertz CT molecular complexity index is 546. The van der Waals surface area contributed by atoms with E-state index in [-0.39, 0.29) is 17.6 Å². The summed E-state index contributed by atoms with van der Waals surface area (Å²) in [5.41, 5.74) is -0.173. The predicted octanol–water partition coefficient (Wildman–Crippen LogP) is 2.62. The summed E-state index contributed by atoms with van der Waals surface area (Å²) in [6.07, 6.45) is 7.42. The molecular weight excluding hydrogens is 308 g/mol. The van der Waals surface area contributed by atoms with Gasteiger partial charge in [-0.2, -0.15) is 4.98 Å². The Morgan fingerprint density at radius 1 is 1.33 bits per heavy atom. The van der Waals surface area contributed by atoms with E-state index in [1.165, 1.54) is 19.3 Å². The molecule has 1 saturated carbocycles. The minimum Gasteiger partial charge on any atom is -0.376 e. The van der Waals surface area contributed by atoms with Crippen LogP contribution in [-0.2, 0) is 4.74 Å². The molecule has 24 heavy (non-hydrogen) atoms. The largest absolute Gasteiger partial charge is 0.376 e. The minimum absolute atomic E-state index is 0.0113. The molecular formula is C17H28N4O3. The number of aryl methyl sites for hydroxylation is 1. The first kappa shape index (κ1) is 17.2. The molecule has 1 aromatic rings. The van der Waals surface area contributed by atoms with Crippen LogP contribution in [0.3, 0.4) is 0 Å². The van der Waals surface area contributed by atoms with Crippen LogP contribution in [0.2, 0.25) is 0 Å². The summed E-state index contributed by atoms with van der Waals surface area (Å²) in [5.74, 6) is 1.63. The maximum atomic E-state index is 12.5. The van der Waals surface area contributed by atoms with Gasteiger partial charge < -0.3 is 19.5 Å². The van der Waals surface area contributed by atoms with Crippen molar-refractivity contribution >= 4 is 6.03 Å². The van der Waals surface area contributed by atoms with Crippen molar-refractivity contribution in [2.45, 2.75) is 63.4 Å². The van der Waals surface area contributed by atoms with Gasteiger partial charge in [-0.05, 0) is 32.6 Å². The van der Waals surface area contributed by atoms with Gasteiger partial charge in [0.25, 0.3) is 0 Å². The molecule has 0 spiro atoms. The molecule has 1 aliphatic heterocycles. The fourth-order valence-corrected chi connectivity index (χ4v) is 3.81. The molecule has 2 aliphatic rings. The summed E-state index contributed by atoms with van der Waals surface area (Å²) >= 11 is 0. The topological polar surface area (TPSA) is 80.5 Å². The lowest BCUT2D eigenvalue weighted by atomic mass is 9.84. The van der Waals surface area contributed by atoms with E-state index in [1.54, 1.807) is 7.11 Å². The predicted molar refractivity (Wildman–Crippen MR) is 88.8 cm³/mol. The first-order chi connectivity index (χ1) is 11.6. The van der Waals surface area contributed by atoms with E-state index in [0.29, 0.717) is 18.3 Å². The maximum Gasteiger partial charge on any atom is 0.317 e. The second kappa shape index (κ2) is 7.51. The van der Waals surface area contributed by atoms with Crippen molar-refractivity contribution < 1.29 is 14.1 Å². The molecule has 3 rings (SSSR count). The highest BCUT2D eigenvalue weighted by molar-refractivity contribution is 5.74. The molecule has 1 saturated heterocycles. The van der Waals surface area contributed by atoms with E-state index in [0.717, 1.165) is 38.8 Å². The average Bonchev–Trinajstić information content (AvgIpc) is 3.07. The Kier molecular flexibility index (Phi) is 5.38. The summed E-state index contributed by atoms with van der Waals surface area (Å²) in [6.45, 7) is 3.87. The zero-order valence-electron chi connectivity index (χ0n) is 14.7. The first-order valence-corrected chi connectivity index (χ1v) is 9.00. The van der Waals surface area contributed by atoms with Gasteiger partial charge in [0.1, 0.15) is 0 Å². The number of nitrogens with zero attached hydrogens (tertiary/aromatic N) is 3. The van der Waals surface area contributed by atoms with Crippen LogP contribution in [0, 0.1) is 6.92 Å². The zero-order valence-corrected chi connectivity index (χ0v) is 14.7. The van der Waals surface area contributed by atoms with Gasteiger partial charge in [0.15, 0.2) is 5.82 Å². The Balaban J connectivity index is 1.46. The lowest BCUT2D eigenvalue weighted by Crippen LogP contribution is -2.51. The molecule has 2 amide bonds. The van der Waals surface area contributed by atoms with Crippen LogP contribution >= 0.6 is 0 Å². The number of aromatic nitrogens is 2. The molecule has 7 heteroatoms. The van der Waals surface area contributed by atoms with Crippen LogP contribution in [0.4, 0.5) is 4.79 Å². The molecule has 0 atom stereocenters. The van der Waals surface area contributed by atoms with Gasteiger partial charge in [-0.25, -0.2) is 4.79 Å². The molecule has 0 bridgehead atoms. The van der Waals surface area contributed by atoms with Crippen molar-refractivity contribution in [2.75, 3.05) is 26.7 Å². The van der Waals surface area contributed by atoms with Gasteiger partial charge in [0.2, 0.25) is 5.89 Å². The van der Waals surface area contributed by atoms with Crippen molar-refractivity contribution in [1.29, 1.82) is 0 Å². The Labute approximate surface area is 143 Å². The molecule has 1 aliphatic carbocycles. The normalized spacial score (nSPS) is 21.7. The Hall–Kier alpha value is -1.63. The summed E-state index contributed by atoms with van der Waals surface area (Å²) in [6, 6.07) is 0.0113. The summed E-state index contributed by atoms with van der Waals surface area (Å²) < 4.78 is 11.0. The number of methoxy groups -OCH3 is 1. The van der Waals surface area contributed by atoms with Crippen molar-refractivity contribution in [3.63, 3.8) is 0 Å². The van der Waals surface area contributed by atoms with Gasteiger partial charge in [0.05, 0.1) is 5.60 Å². The quantitative estimate of drug-likeness (QED) is 0.914. The summed E-state index contributed by atoms with van der Waals surface area (Å²) in [5, 5.41) is 6.93. The molecule has 0 radical (unpaired) electrons. The van der Waals surface area contributed by atoms with Crippen molar-refractivity contribution in [3.05, 3.63) is 11.7 Å². The Morgan fingerprint density at radius 3 is 2.62 bits per heavy atom. The third-order valence-electron chi connectivity index (χ3n) is 5.43. The number of carbonyl (C=O) groups is 1. The van der Waals surface area contributed by atoms with E-state index in [2.05, 4.69) is 15.5 Å². The van der Waals surface area contributed by atoms with Crippen LogP contribution in [0.25, 0.3) is 0 Å². The number of hydrogen-bond donors (Lipinski definition) is 1. The first-order valence-electron chi connectivity index (χ1n) is 9.00. The third kappa shape index (κ3) is 3.88. The van der Waals surface area contributed by atoms with Crippen LogP contribution in [0.1, 0.15) is 62.6 Å². The highest BCUT2D eigenvalue weighted by Gasteiger charge is 2.33. The fourth-order valence-electron chi connectivity index (χ4n) is 3.81. The number of nitrogens with one attached hydrogen (secondary N) is 1. The molecule has 0 unspecified atom stereocenters. The third-order valence-corrected chi connectivity index (χ3v) is 5.43. The van der Waals surface area contributed by atoms with Gasteiger partial charge in [-0.3, -0.25) is 0 Å². The van der Waals surface area contributed by atoms with Gasteiger partial charge in [-0.1, -0.05) is 24.4 Å². The highest BCUT2D eigenvalue weighted by Crippen LogP contribution is 2.31. The minimum atomic E-state index is -0.173. The Morgan fingerprint density at radius 2 is 2.04 bits per heavy atom. The number of ether oxygens (including phenoxy) is 1. The maximum absolute atomic E-state index is 12.5. The van der Waals surface area contributed by atoms with E-state index in [9.17, 15) is 4.79 Å². The monoisotopic (exact) mass is 336 g/mol. The smallest absolute Gasteiger partial charge is 0.317 e. The molecule has 134 valence electrons. The van der Waals surface area contributed by atoms with Crippen molar-refractivity contribution in [2.24, 2.45) is 0 Å². The molecule has 0 aromatic carbocycles. The number of likely N-dealkylation sites (tertiary alicyclic amines) is 1. The highest BCUT2D eigenvalue weighted by atomic mass is 16.5. The zero-order chi connectivity index (χ0) is 17.0. The van der Waals surface area contributed by atoms with E-state index in [1.807, 2.05) is 11.8 Å². The van der Waals surface area contributed by atoms with Crippen LogP contribution in [-0.4, -0.2) is 53.4 Å². The van der Waals surface area contributed by atoms with Crippen molar-refractivity contribution in [3.8, 4) is 0 Å². The van der Waals surface area contributed by atoms with Gasteiger partial charge >= 0.3 is 6.03 Å². The average molecular weight is 336 g/mol. The van der Waals surface area contributed by atoms with Gasteiger partial charge in [-0.15, -0.1) is 0 Å². The summed E-state index contributed by atoms with van der Waals surface area (Å²) in [4.78, 5) is 18.6. The lowest BCUT2D eigenvalue weighted by molar-refractivity contribution is -0.0362. The summed E-state index contributed by atoms with van der Waals surface area (Å²) in [7, 11) is 1.76. The molecule has 1 aromatic heterocycles. The number of piperidine rings is 1. The SMILES string of the molecule is COC1(CNC(=O)N2CCC(c3nc(C)no3)CC2)CCCCC1. The molecule has 7 nitrogen and oxygen atoms in total. The lowest BCUT2D eigenvalue weighted by Gasteiger charge is -2.37. The van der Waals surface area contributed by atoms with E-state index < -0.39 is 0 Å².